The Morgan fingerprint density at radius 2 is 1.19 bits per heavy atom. The second-order valence-corrected chi connectivity index (χ2v) is 6.25. The summed E-state index contributed by atoms with van der Waals surface area (Å²) in [5.41, 5.74) is 2.35. The molecular weight excluding hydrogens is 256 g/mol. The summed E-state index contributed by atoms with van der Waals surface area (Å²) in [5.74, 6) is 0.827. The van der Waals surface area contributed by atoms with Crippen molar-refractivity contribution in [3.63, 3.8) is 0 Å². The zero-order valence-corrected chi connectivity index (χ0v) is 12.7. The van der Waals surface area contributed by atoms with Crippen molar-refractivity contribution in [1.82, 2.24) is 0 Å². The number of nitrogens with one attached hydrogen (secondary N) is 2. The van der Waals surface area contributed by atoms with Gasteiger partial charge in [-0.25, -0.2) is 0 Å². The van der Waals surface area contributed by atoms with Crippen LogP contribution in [0.15, 0.2) is 60.7 Å². The molecule has 0 amide bonds. The molecule has 0 bridgehead atoms. The van der Waals surface area contributed by atoms with Crippen LogP contribution in [0.3, 0.4) is 0 Å². The van der Waals surface area contributed by atoms with E-state index in [9.17, 15) is 0 Å². The standard InChI is InChI=1S/C19H24N2/c1-16-12-14-19(15-13-16,20-17-8-4-2-5-9-17)21-18-10-6-3-7-11-18/h2-11,16,20-21H,12-15H2,1H3. The molecule has 0 atom stereocenters. The van der Waals surface area contributed by atoms with Gasteiger partial charge in [0.1, 0.15) is 5.66 Å². The van der Waals surface area contributed by atoms with Crippen LogP contribution in [0.25, 0.3) is 0 Å². The van der Waals surface area contributed by atoms with Gasteiger partial charge in [0.15, 0.2) is 0 Å². The van der Waals surface area contributed by atoms with Crippen LogP contribution >= 0.6 is 0 Å². The Kier molecular flexibility index (Phi) is 4.14. The Hall–Kier alpha value is -1.96. The molecule has 0 aliphatic heterocycles. The van der Waals surface area contributed by atoms with Crippen molar-refractivity contribution in [1.29, 1.82) is 0 Å². The van der Waals surface area contributed by atoms with E-state index in [0.29, 0.717) is 0 Å². The quantitative estimate of drug-likeness (QED) is 0.760. The van der Waals surface area contributed by atoms with Gasteiger partial charge in [0, 0.05) is 11.4 Å². The molecule has 2 N–H and O–H groups in total. The Morgan fingerprint density at radius 3 is 1.62 bits per heavy atom. The maximum Gasteiger partial charge on any atom is 0.108 e. The molecule has 2 aromatic rings. The molecule has 1 saturated carbocycles. The normalized spacial score (nSPS) is 18.1. The minimum absolute atomic E-state index is 0.0325. The van der Waals surface area contributed by atoms with Crippen LogP contribution in [-0.2, 0) is 0 Å². The zero-order valence-electron chi connectivity index (χ0n) is 12.7. The highest BCUT2D eigenvalue weighted by Crippen LogP contribution is 2.35. The van der Waals surface area contributed by atoms with Crippen molar-refractivity contribution >= 4 is 11.4 Å². The van der Waals surface area contributed by atoms with Gasteiger partial charge in [-0.05, 0) is 55.9 Å². The number of anilines is 2. The van der Waals surface area contributed by atoms with Crippen molar-refractivity contribution in [2.24, 2.45) is 5.92 Å². The number of benzene rings is 2. The summed E-state index contributed by atoms with van der Waals surface area (Å²) in [5, 5.41) is 7.50. The molecule has 0 saturated heterocycles. The zero-order chi connectivity index (χ0) is 14.5. The highest BCUT2D eigenvalue weighted by atomic mass is 15.2. The Labute approximate surface area is 127 Å². The maximum atomic E-state index is 3.75. The molecule has 3 rings (SSSR count). The van der Waals surface area contributed by atoms with Gasteiger partial charge in [0.25, 0.3) is 0 Å². The van der Waals surface area contributed by atoms with E-state index in [-0.39, 0.29) is 5.66 Å². The van der Waals surface area contributed by atoms with Gasteiger partial charge in [-0.15, -0.1) is 0 Å². The predicted octanol–water partition coefficient (Wildman–Crippen LogP) is 5.12. The lowest BCUT2D eigenvalue weighted by Gasteiger charge is -2.42. The molecule has 1 fully saturated rings. The smallest absolute Gasteiger partial charge is 0.108 e. The minimum Gasteiger partial charge on any atom is -0.363 e. The van der Waals surface area contributed by atoms with E-state index >= 15 is 0 Å². The fraction of sp³-hybridized carbons (Fsp3) is 0.368. The van der Waals surface area contributed by atoms with E-state index in [1.165, 1.54) is 24.2 Å². The second kappa shape index (κ2) is 6.21. The fourth-order valence-electron chi connectivity index (χ4n) is 3.13. The van der Waals surface area contributed by atoms with Crippen LogP contribution in [0.1, 0.15) is 32.6 Å². The molecule has 110 valence electrons. The van der Waals surface area contributed by atoms with Crippen molar-refractivity contribution in [3.05, 3.63) is 60.7 Å². The molecule has 1 aliphatic carbocycles. The van der Waals surface area contributed by atoms with E-state index < -0.39 is 0 Å². The number of hydrogen-bond acceptors (Lipinski definition) is 2. The minimum atomic E-state index is -0.0325. The van der Waals surface area contributed by atoms with Gasteiger partial charge >= 0.3 is 0 Å². The molecule has 0 unspecified atom stereocenters. The van der Waals surface area contributed by atoms with E-state index in [1.807, 2.05) is 0 Å². The first kappa shape index (κ1) is 14.0. The summed E-state index contributed by atoms with van der Waals surface area (Å²) in [6.45, 7) is 2.36. The fourth-order valence-corrected chi connectivity index (χ4v) is 3.13. The third-order valence-corrected chi connectivity index (χ3v) is 4.44. The Morgan fingerprint density at radius 1 is 0.762 bits per heavy atom. The number of hydrogen-bond donors (Lipinski definition) is 2. The van der Waals surface area contributed by atoms with Crippen LogP contribution in [0.5, 0.6) is 0 Å². The van der Waals surface area contributed by atoms with Crippen LogP contribution in [0.2, 0.25) is 0 Å². The molecule has 21 heavy (non-hydrogen) atoms. The third-order valence-electron chi connectivity index (χ3n) is 4.44. The summed E-state index contributed by atoms with van der Waals surface area (Å²) >= 11 is 0. The molecule has 0 heterocycles. The second-order valence-electron chi connectivity index (χ2n) is 6.25. The van der Waals surface area contributed by atoms with Gasteiger partial charge in [0.2, 0.25) is 0 Å². The lowest BCUT2D eigenvalue weighted by molar-refractivity contribution is 0.291. The van der Waals surface area contributed by atoms with Gasteiger partial charge in [-0.1, -0.05) is 43.3 Å². The SMILES string of the molecule is CC1CCC(Nc2ccccc2)(Nc2ccccc2)CC1. The molecule has 2 nitrogen and oxygen atoms in total. The van der Waals surface area contributed by atoms with Crippen molar-refractivity contribution in [2.75, 3.05) is 10.6 Å². The summed E-state index contributed by atoms with van der Waals surface area (Å²) in [4.78, 5) is 0. The molecular formula is C19H24N2. The van der Waals surface area contributed by atoms with E-state index in [1.54, 1.807) is 0 Å². The van der Waals surface area contributed by atoms with Gasteiger partial charge in [0.05, 0.1) is 0 Å². The first-order valence-corrected chi connectivity index (χ1v) is 7.92. The largest absolute Gasteiger partial charge is 0.363 e. The van der Waals surface area contributed by atoms with Gasteiger partial charge in [-0.2, -0.15) is 0 Å². The molecule has 2 heteroatoms. The number of para-hydroxylation sites is 2. The summed E-state index contributed by atoms with van der Waals surface area (Å²) in [6, 6.07) is 21.1. The lowest BCUT2D eigenvalue weighted by Crippen LogP contribution is -2.48. The summed E-state index contributed by atoms with van der Waals surface area (Å²) in [7, 11) is 0. The van der Waals surface area contributed by atoms with E-state index in [0.717, 1.165) is 18.8 Å². The average Bonchev–Trinajstić information content (AvgIpc) is 2.52. The van der Waals surface area contributed by atoms with E-state index in [4.69, 9.17) is 0 Å². The molecule has 2 aromatic carbocycles. The molecule has 0 aromatic heterocycles. The van der Waals surface area contributed by atoms with Crippen LogP contribution < -0.4 is 10.6 Å². The highest BCUT2D eigenvalue weighted by Gasteiger charge is 2.33. The van der Waals surface area contributed by atoms with E-state index in [2.05, 4.69) is 78.2 Å². The topological polar surface area (TPSA) is 24.1 Å². The highest BCUT2D eigenvalue weighted by molar-refractivity contribution is 5.52. The van der Waals surface area contributed by atoms with Crippen molar-refractivity contribution < 1.29 is 0 Å². The molecule has 0 radical (unpaired) electrons. The number of rotatable bonds is 4. The van der Waals surface area contributed by atoms with Crippen molar-refractivity contribution in [3.8, 4) is 0 Å². The van der Waals surface area contributed by atoms with Crippen LogP contribution in [0, 0.1) is 5.92 Å². The Balaban J connectivity index is 1.81. The van der Waals surface area contributed by atoms with Gasteiger partial charge < -0.3 is 10.6 Å². The monoisotopic (exact) mass is 280 g/mol. The first-order valence-electron chi connectivity index (χ1n) is 7.92. The Bertz CT molecular complexity index is 499. The molecule has 0 spiro atoms. The van der Waals surface area contributed by atoms with Crippen LogP contribution in [0.4, 0.5) is 11.4 Å². The predicted molar refractivity (Wildman–Crippen MR) is 90.5 cm³/mol. The van der Waals surface area contributed by atoms with Crippen LogP contribution in [-0.4, -0.2) is 5.66 Å². The summed E-state index contributed by atoms with van der Waals surface area (Å²) < 4.78 is 0. The summed E-state index contributed by atoms with van der Waals surface area (Å²) in [6.07, 6.45) is 4.83. The maximum absolute atomic E-state index is 3.75. The van der Waals surface area contributed by atoms with Crippen molar-refractivity contribution in [2.45, 2.75) is 38.3 Å². The lowest BCUT2D eigenvalue weighted by atomic mass is 9.82. The third kappa shape index (κ3) is 3.57. The molecule has 1 aliphatic rings. The average molecular weight is 280 g/mol. The first-order chi connectivity index (χ1) is 10.3. The van der Waals surface area contributed by atoms with Gasteiger partial charge in [-0.3, -0.25) is 0 Å².